The molecule has 2 aromatic heterocycles. The van der Waals surface area contributed by atoms with Crippen molar-refractivity contribution in [3.63, 3.8) is 0 Å². The molecule has 0 unspecified atom stereocenters. The Morgan fingerprint density at radius 3 is 2.77 bits per heavy atom. The van der Waals surface area contributed by atoms with Crippen LogP contribution in [0.2, 0.25) is 0 Å². The second kappa shape index (κ2) is 7.23. The largest absolute Gasteiger partial charge is 0.374 e. The lowest BCUT2D eigenvalue weighted by Gasteiger charge is -2.12. The molecule has 0 aliphatic heterocycles. The van der Waals surface area contributed by atoms with Crippen LogP contribution >= 0.6 is 0 Å². The second-order valence-electron chi connectivity index (χ2n) is 6.09. The van der Waals surface area contributed by atoms with Gasteiger partial charge in [0.05, 0.1) is 6.54 Å². The summed E-state index contributed by atoms with van der Waals surface area (Å²) in [6, 6.07) is 19.9. The number of benzene rings is 2. The zero-order valence-electron chi connectivity index (χ0n) is 14.4. The standard InChI is InChI=1S/C20H19N5O/c1-15(20-23-19(24-26-20)17-8-3-2-4-9-17)22-18-10-5-7-16(13-18)14-25-12-6-11-21-25/h2-13,15,22H,14H2,1H3/t15-/m0/s1. The van der Waals surface area contributed by atoms with Crippen molar-refractivity contribution in [3.8, 4) is 11.4 Å². The van der Waals surface area contributed by atoms with Crippen LogP contribution in [0.1, 0.15) is 24.4 Å². The molecule has 0 spiro atoms. The van der Waals surface area contributed by atoms with Crippen molar-refractivity contribution in [2.45, 2.75) is 19.5 Å². The van der Waals surface area contributed by atoms with Gasteiger partial charge in [-0.2, -0.15) is 10.1 Å². The van der Waals surface area contributed by atoms with Crippen LogP contribution in [0.4, 0.5) is 5.69 Å². The number of rotatable bonds is 6. The fourth-order valence-corrected chi connectivity index (χ4v) is 2.77. The van der Waals surface area contributed by atoms with Gasteiger partial charge >= 0.3 is 0 Å². The molecule has 1 atom stereocenters. The smallest absolute Gasteiger partial charge is 0.249 e. The molecule has 0 radical (unpaired) electrons. The fourth-order valence-electron chi connectivity index (χ4n) is 2.77. The Morgan fingerprint density at radius 2 is 1.96 bits per heavy atom. The van der Waals surface area contributed by atoms with E-state index in [0.29, 0.717) is 11.7 Å². The molecule has 0 saturated heterocycles. The molecule has 6 heteroatoms. The normalized spacial score (nSPS) is 12.0. The Bertz CT molecular complexity index is 963. The van der Waals surface area contributed by atoms with Gasteiger partial charge in [-0.1, -0.05) is 47.6 Å². The first kappa shape index (κ1) is 16.1. The van der Waals surface area contributed by atoms with E-state index in [2.05, 4.69) is 32.7 Å². The summed E-state index contributed by atoms with van der Waals surface area (Å²) >= 11 is 0. The van der Waals surface area contributed by atoms with Gasteiger partial charge in [0.1, 0.15) is 6.04 Å². The first-order valence-corrected chi connectivity index (χ1v) is 8.50. The van der Waals surface area contributed by atoms with Crippen molar-refractivity contribution < 1.29 is 4.52 Å². The summed E-state index contributed by atoms with van der Waals surface area (Å²) < 4.78 is 7.33. The number of hydrogen-bond acceptors (Lipinski definition) is 5. The van der Waals surface area contributed by atoms with E-state index < -0.39 is 0 Å². The van der Waals surface area contributed by atoms with Crippen LogP contribution in [-0.4, -0.2) is 19.9 Å². The van der Waals surface area contributed by atoms with E-state index in [-0.39, 0.29) is 6.04 Å². The van der Waals surface area contributed by atoms with Gasteiger partial charge in [-0.15, -0.1) is 0 Å². The van der Waals surface area contributed by atoms with Crippen LogP contribution in [0.3, 0.4) is 0 Å². The summed E-state index contributed by atoms with van der Waals surface area (Å²) in [7, 11) is 0. The highest BCUT2D eigenvalue weighted by molar-refractivity contribution is 5.54. The summed E-state index contributed by atoms with van der Waals surface area (Å²) in [6.07, 6.45) is 3.73. The maximum absolute atomic E-state index is 5.43. The molecule has 0 amide bonds. The zero-order valence-corrected chi connectivity index (χ0v) is 14.4. The summed E-state index contributed by atoms with van der Waals surface area (Å²) in [4.78, 5) is 4.51. The molecule has 2 aromatic carbocycles. The Hall–Kier alpha value is -3.41. The molecule has 4 aromatic rings. The van der Waals surface area contributed by atoms with E-state index in [4.69, 9.17) is 4.52 Å². The highest BCUT2D eigenvalue weighted by atomic mass is 16.5. The van der Waals surface area contributed by atoms with Gasteiger partial charge in [0.25, 0.3) is 0 Å². The van der Waals surface area contributed by atoms with E-state index in [0.717, 1.165) is 17.8 Å². The van der Waals surface area contributed by atoms with Crippen molar-refractivity contribution in [3.05, 3.63) is 84.5 Å². The molecule has 6 nitrogen and oxygen atoms in total. The summed E-state index contributed by atoms with van der Waals surface area (Å²) in [5, 5.41) is 11.7. The predicted octanol–water partition coefficient (Wildman–Crippen LogP) is 4.15. The van der Waals surface area contributed by atoms with Crippen LogP contribution in [0.15, 0.2) is 77.6 Å². The first-order chi connectivity index (χ1) is 12.8. The van der Waals surface area contributed by atoms with Crippen molar-refractivity contribution in [1.82, 2.24) is 19.9 Å². The molecule has 26 heavy (non-hydrogen) atoms. The number of nitrogens with zero attached hydrogens (tertiary/aromatic N) is 4. The predicted molar refractivity (Wildman–Crippen MR) is 99.5 cm³/mol. The number of aromatic nitrogens is 4. The minimum atomic E-state index is -0.0973. The summed E-state index contributed by atoms with van der Waals surface area (Å²) in [5.41, 5.74) is 3.11. The Kier molecular flexibility index (Phi) is 4.47. The van der Waals surface area contributed by atoms with Gasteiger partial charge < -0.3 is 9.84 Å². The third-order valence-electron chi connectivity index (χ3n) is 4.06. The van der Waals surface area contributed by atoms with Gasteiger partial charge in [0.15, 0.2) is 0 Å². The minimum absolute atomic E-state index is 0.0973. The average molecular weight is 345 g/mol. The monoisotopic (exact) mass is 345 g/mol. The van der Waals surface area contributed by atoms with Crippen LogP contribution in [0, 0.1) is 0 Å². The second-order valence-corrected chi connectivity index (χ2v) is 6.09. The minimum Gasteiger partial charge on any atom is -0.374 e. The van der Waals surface area contributed by atoms with Crippen molar-refractivity contribution >= 4 is 5.69 Å². The van der Waals surface area contributed by atoms with Crippen LogP contribution in [-0.2, 0) is 6.54 Å². The fraction of sp³-hybridized carbons (Fsp3) is 0.150. The lowest BCUT2D eigenvalue weighted by molar-refractivity contribution is 0.368. The average Bonchev–Trinajstić information content (AvgIpc) is 3.35. The molecule has 0 saturated carbocycles. The topological polar surface area (TPSA) is 68.8 Å². The quantitative estimate of drug-likeness (QED) is 0.568. The SMILES string of the molecule is C[C@H](Nc1cccc(Cn2cccn2)c1)c1nc(-c2ccccc2)no1. The molecular formula is C20H19N5O. The molecule has 4 rings (SSSR count). The molecule has 0 bridgehead atoms. The summed E-state index contributed by atoms with van der Waals surface area (Å²) in [6.45, 7) is 2.73. The molecule has 1 N–H and O–H groups in total. The van der Waals surface area contributed by atoms with E-state index in [1.807, 2.05) is 66.3 Å². The third-order valence-corrected chi connectivity index (χ3v) is 4.06. The maximum atomic E-state index is 5.43. The maximum Gasteiger partial charge on any atom is 0.249 e. The van der Waals surface area contributed by atoms with Gasteiger partial charge in [0, 0.05) is 23.6 Å². The Balaban J connectivity index is 1.46. The van der Waals surface area contributed by atoms with E-state index in [1.54, 1.807) is 6.20 Å². The molecule has 2 heterocycles. The van der Waals surface area contributed by atoms with Gasteiger partial charge in [-0.05, 0) is 30.7 Å². The zero-order chi connectivity index (χ0) is 17.8. The van der Waals surface area contributed by atoms with Crippen molar-refractivity contribution in [2.75, 3.05) is 5.32 Å². The van der Waals surface area contributed by atoms with Crippen LogP contribution in [0.5, 0.6) is 0 Å². The lowest BCUT2D eigenvalue weighted by atomic mass is 10.2. The van der Waals surface area contributed by atoms with Crippen LogP contribution in [0.25, 0.3) is 11.4 Å². The van der Waals surface area contributed by atoms with Gasteiger partial charge in [-0.25, -0.2) is 0 Å². The van der Waals surface area contributed by atoms with E-state index in [9.17, 15) is 0 Å². The summed E-state index contributed by atoms with van der Waals surface area (Å²) in [5.74, 6) is 1.16. The van der Waals surface area contributed by atoms with Crippen molar-refractivity contribution in [1.29, 1.82) is 0 Å². The van der Waals surface area contributed by atoms with E-state index in [1.165, 1.54) is 5.56 Å². The van der Waals surface area contributed by atoms with Crippen LogP contribution < -0.4 is 5.32 Å². The number of anilines is 1. The molecular weight excluding hydrogens is 326 g/mol. The molecule has 0 aliphatic carbocycles. The van der Waals surface area contributed by atoms with E-state index >= 15 is 0 Å². The highest BCUT2D eigenvalue weighted by Gasteiger charge is 2.15. The number of hydrogen-bond donors (Lipinski definition) is 1. The highest BCUT2D eigenvalue weighted by Crippen LogP contribution is 2.22. The van der Waals surface area contributed by atoms with Gasteiger partial charge in [0.2, 0.25) is 11.7 Å². The van der Waals surface area contributed by atoms with Crippen molar-refractivity contribution in [2.24, 2.45) is 0 Å². The molecule has 0 aliphatic rings. The number of nitrogens with one attached hydrogen (secondary N) is 1. The molecule has 130 valence electrons. The first-order valence-electron chi connectivity index (χ1n) is 8.50. The lowest BCUT2D eigenvalue weighted by Crippen LogP contribution is -2.08. The Morgan fingerprint density at radius 1 is 1.08 bits per heavy atom. The Labute approximate surface area is 151 Å². The molecule has 0 fully saturated rings. The van der Waals surface area contributed by atoms with Gasteiger partial charge in [-0.3, -0.25) is 4.68 Å². The third kappa shape index (κ3) is 3.64.